The highest BCUT2D eigenvalue weighted by atomic mass is 16.5. The predicted octanol–water partition coefficient (Wildman–Crippen LogP) is 5.13. The van der Waals surface area contributed by atoms with Crippen LogP contribution in [-0.2, 0) is 24.1 Å². The first-order valence-corrected chi connectivity index (χ1v) is 11.4. The van der Waals surface area contributed by atoms with E-state index in [1.807, 2.05) is 18.2 Å². The molecule has 1 atom stereocenters. The molecular formula is C25H32N2O3. The molecule has 0 unspecified atom stereocenters. The molecule has 0 radical (unpaired) electrons. The molecule has 2 aliphatic rings. The number of carboxylic acid groups (broad SMARTS) is 1. The molecule has 2 aromatic rings. The minimum atomic E-state index is -0.736. The number of benzene rings is 1. The van der Waals surface area contributed by atoms with E-state index in [0.717, 1.165) is 75.0 Å². The van der Waals surface area contributed by atoms with Crippen molar-refractivity contribution < 1.29 is 14.6 Å². The van der Waals surface area contributed by atoms with Crippen LogP contribution in [0.5, 0.6) is 5.75 Å². The molecule has 0 fully saturated rings. The van der Waals surface area contributed by atoms with Crippen molar-refractivity contribution in [3.8, 4) is 5.75 Å². The summed E-state index contributed by atoms with van der Waals surface area (Å²) in [6.45, 7) is 1.73. The molecule has 0 aliphatic carbocycles. The first-order valence-electron chi connectivity index (χ1n) is 11.4. The van der Waals surface area contributed by atoms with Gasteiger partial charge in [0.15, 0.2) is 0 Å². The Bertz CT molecular complexity index is 881. The SMILES string of the molecule is O=C(O)[C@H](CCCCCCCc1ccc2c(n1)NCCC2)c1ccc2c(c1)OCC2. The maximum atomic E-state index is 11.8. The molecule has 3 heterocycles. The van der Waals surface area contributed by atoms with Crippen LogP contribution in [0.15, 0.2) is 30.3 Å². The molecule has 160 valence electrons. The van der Waals surface area contributed by atoms with Gasteiger partial charge in [-0.3, -0.25) is 4.79 Å². The summed E-state index contributed by atoms with van der Waals surface area (Å²) in [5, 5.41) is 13.1. The Morgan fingerprint density at radius 3 is 2.80 bits per heavy atom. The summed E-state index contributed by atoms with van der Waals surface area (Å²) in [4.78, 5) is 16.5. The summed E-state index contributed by atoms with van der Waals surface area (Å²) in [5.74, 6) is 0.770. The van der Waals surface area contributed by atoms with Crippen molar-refractivity contribution in [2.45, 2.75) is 70.1 Å². The Morgan fingerprint density at radius 1 is 1.07 bits per heavy atom. The van der Waals surface area contributed by atoms with Crippen LogP contribution in [0.1, 0.15) is 73.2 Å². The van der Waals surface area contributed by atoms with Gasteiger partial charge in [0.05, 0.1) is 12.5 Å². The van der Waals surface area contributed by atoms with E-state index in [1.165, 1.54) is 23.2 Å². The summed E-state index contributed by atoms with van der Waals surface area (Å²) >= 11 is 0. The summed E-state index contributed by atoms with van der Waals surface area (Å²) in [6.07, 6.45) is 10.4. The molecule has 5 nitrogen and oxygen atoms in total. The van der Waals surface area contributed by atoms with Crippen LogP contribution in [0.25, 0.3) is 0 Å². The van der Waals surface area contributed by atoms with E-state index in [-0.39, 0.29) is 0 Å². The fourth-order valence-corrected chi connectivity index (χ4v) is 4.53. The number of aryl methyl sites for hydroxylation is 2. The molecular weight excluding hydrogens is 376 g/mol. The van der Waals surface area contributed by atoms with Crippen LogP contribution in [-0.4, -0.2) is 29.2 Å². The fraction of sp³-hybridized carbons (Fsp3) is 0.520. The first-order chi connectivity index (χ1) is 14.7. The van der Waals surface area contributed by atoms with Gasteiger partial charge in [-0.25, -0.2) is 4.98 Å². The Balaban J connectivity index is 1.17. The summed E-state index contributed by atoms with van der Waals surface area (Å²) in [7, 11) is 0. The molecule has 0 saturated heterocycles. The average Bonchev–Trinajstić information content (AvgIpc) is 3.23. The lowest BCUT2D eigenvalue weighted by molar-refractivity contribution is -0.139. The number of ether oxygens (including phenoxy) is 1. The van der Waals surface area contributed by atoms with Gasteiger partial charge in [-0.2, -0.15) is 0 Å². The van der Waals surface area contributed by atoms with Gasteiger partial charge in [0, 0.05) is 18.7 Å². The van der Waals surface area contributed by atoms with Gasteiger partial charge in [0.1, 0.15) is 11.6 Å². The third kappa shape index (κ3) is 5.13. The minimum Gasteiger partial charge on any atom is -0.493 e. The van der Waals surface area contributed by atoms with Crippen LogP contribution < -0.4 is 10.1 Å². The highest BCUT2D eigenvalue weighted by Crippen LogP contribution is 2.31. The number of aromatic nitrogens is 1. The largest absolute Gasteiger partial charge is 0.493 e. The third-order valence-electron chi connectivity index (χ3n) is 6.30. The zero-order valence-electron chi connectivity index (χ0n) is 17.7. The van der Waals surface area contributed by atoms with Gasteiger partial charge < -0.3 is 15.2 Å². The minimum absolute atomic E-state index is 0.438. The topological polar surface area (TPSA) is 71.5 Å². The second kappa shape index (κ2) is 9.96. The fourth-order valence-electron chi connectivity index (χ4n) is 4.53. The molecule has 5 heteroatoms. The van der Waals surface area contributed by atoms with Gasteiger partial charge in [-0.1, -0.05) is 43.9 Å². The maximum Gasteiger partial charge on any atom is 0.310 e. The van der Waals surface area contributed by atoms with Crippen molar-refractivity contribution in [3.05, 3.63) is 52.7 Å². The van der Waals surface area contributed by atoms with Gasteiger partial charge in [-0.05, 0) is 60.9 Å². The zero-order chi connectivity index (χ0) is 20.8. The lowest BCUT2D eigenvalue weighted by Gasteiger charge is -2.17. The highest BCUT2D eigenvalue weighted by Gasteiger charge is 2.22. The quantitative estimate of drug-likeness (QED) is 0.534. The van der Waals surface area contributed by atoms with E-state index in [1.54, 1.807) is 0 Å². The van der Waals surface area contributed by atoms with Crippen molar-refractivity contribution >= 4 is 11.8 Å². The number of aliphatic carboxylic acids is 1. The highest BCUT2D eigenvalue weighted by molar-refractivity contribution is 5.76. The summed E-state index contributed by atoms with van der Waals surface area (Å²) < 4.78 is 5.60. The zero-order valence-corrected chi connectivity index (χ0v) is 17.7. The number of nitrogens with one attached hydrogen (secondary N) is 1. The molecule has 2 aliphatic heterocycles. The number of hydrogen-bond donors (Lipinski definition) is 2. The molecule has 4 rings (SSSR count). The van der Waals surface area contributed by atoms with Crippen LogP contribution >= 0.6 is 0 Å². The van der Waals surface area contributed by atoms with Crippen molar-refractivity contribution in [2.24, 2.45) is 0 Å². The number of anilines is 1. The van der Waals surface area contributed by atoms with Crippen LogP contribution in [0, 0.1) is 0 Å². The number of fused-ring (bicyclic) bond motifs is 2. The number of rotatable bonds is 10. The van der Waals surface area contributed by atoms with E-state index < -0.39 is 11.9 Å². The Labute approximate surface area is 178 Å². The number of pyridine rings is 1. The number of carboxylic acids is 1. The molecule has 0 bridgehead atoms. The molecule has 1 aromatic carbocycles. The molecule has 1 aromatic heterocycles. The standard InChI is InChI=1S/C25H32N2O3/c28-25(29)22(20-11-10-18-14-16-30-23(18)17-20)9-5-3-1-2-4-8-21-13-12-19-7-6-15-26-24(19)27-21/h10-13,17,22H,1-9,14-16H2,(H,26,27)(H,28,29)/t22-/m1/s1. The third-order valence-corrected chi connectivity index (χ3v) is 6.30. The normalized spacial score (nSPS) is 15.6. The van der Waals surface area contributed by atoms with Crippen molar-refractivity contribution in [1.82, 2.24) is 4.98 Å². The lowest BCUT2D eigenvalue weighted by Crippen LogP contribution is -2.13. The Hall–Kier alpha value is -2.56. The van der Waals surface area contributed by atoms with E-state index in [9.17, 15) is 9.90 Å². The average molecular weight is 409 g/mol. The van der Waals surface area contributed by atoms with Crippen LogP contribution in [0.4, 0.5) is 5.82 Å². The monoisotopic (exact) mass is 408 g/mol. The predicted molar refractivity (Wildman–Crippen MR) is 118 cm³/mol. The lowest BCUT2D eigenvalue weighted by atomic mass is 9.92. The van der Waals surface area contributed by atoms with Crippen molar-refractivity contribution in [1.29, 1.82) is 0 Å². The number of unbranched alkanes of at least 4 members (excludes halogenated alkanes) is 4. The summed E-state index contributed by atoms with van der Waals surface area (Å²) in [5.41, 5.74) is 4.57. The summed E-state index contributed by atoms with van der Waals surface area (Å²) in [6, 6.07) is 10.3. The Kier molecular flexibility index (Phi) is 6.88. The van der Waals surface area contributed by atoms with E-state index in [0.29, 0.717) is 13.0 Å². The number of hydrogen-bond acceptors (Lipinski definition) is 4. The van der Waals surface area contributed by atoms with E-state index in [4.69, 9.17) is 9.72 Å². The molecule has 0 spiro atoms. The van der Waals surface area contributed by atoms with Crippen LogP contribution in [0.3, 0.4) is 0 Å². The van der Waals surface area contributed by atoms with E-state index in [2.05, 4.69) is 17.4 Å². The van der Waals surface area contributed by atoms with Gasteiger partial charge in [0.2, 0.25) is 0 Å². The number of nitrogens with zero attached hydrogens (tertiary/aromatic N) is 1. The van der Waals surface area contributed by atoms with Crippen molar-refractivity contribution in [3.63, 3.8) is 0 Å². The molecule has 0 amide bonds. The molecule has 2 N–H and O–H groups in total. The number of carbonyl (C=O) groups is 1. The first kappa shape index (κ1) is 20.7. The van der Waals surface area contributed by atoms with E-state index >= 15 is 0 Å². The maximum absolute atomic E-state index is 11.8. The van der Waals surface area contributed by atoms with Crippen molar-refractivity contribution in [2.75, 3.05) is 18.5 Å². The second-order valence-electron chi connectivity index (χ2n) is 8.50. The molecule has 30 heavy (non-hydrogen) atoms. The molecule has 0 saturated carbocycles. The smallest absolute Gasteiger partial charge is 0.310 e. The van der Waals surface area contributed by atoms with Crippen LogP contribution in [0.2, 0.25) is 0 Å². The van der Waals surface area contributed by atoms with Gasteiger partial charge in [0.25, 0.3) is 0 Å². The van der Waals surface area contributed by atoms with Gasteiger partial charge >= 0.3 is 5.97 Å². The second-order valence-corrected chi connectivity index (χ2v) is 8.50. The Morgan fingerprint density at radius 2 is 1.90 bits per heavy atom. The van der Waals surface area contributed by atoms with Gasteiger partial charge in [-0.15, -0.1) is 0 Å².